The Morgan fingerprint density at radius 1 is 0.531 bits per heavy atom. The molecule has 288 valence electrons. The first-order chi connectivity index (χ1) is 23.3. The molecule has 1 fully saturated rings. The van der Waals surface area contributed by atoms with E-state index < -0.39 is 67.5 Å². The summed E-state index contributed by atoms with van der Waals surface area (Å²) in [5.74, 6) is -3.67. The highest BCUT2D eigenvalue weighted by Gasteiger charge is 2.11. The van der Waals surface area contributed by atoms with Gasteiger partial charge >= 0.3 is 0 Å². The molecule has 1 heterocycles. The molecule has 0 aromatic heterocycles. The Bertz CT molecular complexity index is 856. The third-order valence-electron chi connectivity index (χ3n) is 4.20. The second kappa shape index (κ2) is 41.7. The van der Waals surface area contributed by atoms with Crippen molar-refractivity contribution in [2.45, 2.75) is 75.7 Å². The van der Waals surface area contributed by atoms with Crippen LogP contribution in [0.5, 0.6) is 0 Å². The Labute approximate surface area is 291 Å². The topological polar surface area (TPSA) is 265 Å². The van der Waals surface area contributed by atoms with Crippen molar-refractivity contribution in [1.29, 1.82) is 0 Å². The highest BCUT2D eigenvalue weighted by molar-refractivity contribution is 5.92. The van der Waals surface area contributed by atoms with E-state index in [-0.39, 0.29) is 52.0 Å². The number of hydrogen-bond donors (Lipinski definition) is 8. The van der Waals surface area contributed by atoms with Crippen molar-refractivity contribution in [2.24, 2.45) is 11.7 Å². The molecule has 1 aliphatic rings. The largest absolute Gasteiger partial charge is 0.377 e. The lowest BCUT2D eigenvalue weighted by Crippen LogP contribution is -2.47. The summed E-state index contributed by atoms with van der Waals surface area (Å²) in [6.07, 6.45) is 0.444. The first-order valence-corrected chi connectivity index (χ1v) is 16.6. The maximum Gasteiger partial charge on any atom is 0.246 e. The van der Waals surface area contributed by atoms with Gasteiger partial charge in [-0.3, -0.25) is 38.4 Å². The van der Waals surface area contributed by atoms with E-state index in [1.54, 1.807) is 6.92 Å². The van der Waals surface area contributed by atoms with Crippen molar-refractivity contribution in [3.05, 3.63) is 0 Å². The van der Waals surface area contributed by atoms with Gasteiger partial charge in [0.15, 0.2) is 0 Å². The van der Waals surface area contributed by atoms with E-state index in [0.29, 0.717) is 6.42 Å². The summed E-state index contributed by atoms with van der Waals surface area (Å²) < 4.78 is 10.3. The minimum absolute atomic E-state index is 0.100. The lowest BCUT2D eigenvalue weighted by molar-refractivity contribution is -0.130. The Morgan fingerprint density at radius 3 is 1.06 bits per heavy atom. The molecule has 0 unspecified atom stereocenters. The van der Waals surface area contributed by atoms with Gasteiger partial charge in [0.1, 0.15) is 6.61 Å². The van der Waals surface area contributed by atoms with Crippen molar-refractivity contribution < 1.29 is 47.8 Å². The number of primary amides is 1. The quantitative estimate of drug-likeness (QED) is 0.156. The van der Waals surface area contributed by atoms with Crippen LogP contribution < -0.4 is 43.0 Å². The number of carbonyl (C=O) groups is 8. The molecule has 1 saturated heterocycles. The number of carbonyl (C=O) groups excluding carboxylic acids is 8. The van der Waals surface area contributed by atoms with Gasteiger partial charge in [-0.25, -0.2) is 0 Å². The summed E-state index contributed by atoms with van der Waals surface area (Å²) in [4.78, 5) is 91.2. The van der Waals surface area contributed by atoms with Crippen molar-refractivity contribution in [3.63, 3.8) is 0 Å². The van der Waals surface area contributed by atoms with E-state index in [9.17, 15) is 38.4 Å². The van der Waals surface area contributed by atoms with E-state index in [4.69, 9.17) is 9.47 Å². The Balaban J connectivity index is -0.000000365. The van der Waals surface area contributed by atoms with Crippen LogP contribution in [0.3, 0.4) is 0 Å². The van der Waals surface area contributed by atoms with Crippen LogP contribution in [-0.2, 0) is 47.8 Å². The van der Waals surface area contributed by atoms with Gasteiger partial charge in [0.05, 0.1) is 59.1 Å². The normalized spacial score (nSPS) is 15.9. The molecule has 18 heteroatoms. The first kappa shape index (κ1) is 54.1. The zero-order chi connectivity index (χ0) is 39.0. The van der Waals surface area contributed by atoms with Gasteiger partial charge in [-0.05, 0) is 5.92 Å². The van der Waals surface area contributed by atoms with Crippen LogP contribution in [0.15, 0.2) is 0 Å². The maximum absolute atomic E-state index is 11.7. The third kappa shape index (κ3) is 50.7. The SMILES string of the molecule is CC.CC.CC.CC(C)C.CCC(N)=O.O=C1CNC(=O)CNC(=O)CNC(=O)CNC(=O)CNC(=O)CNC(=O)COCCOCCN1. The van der Waals surface area contributed by atoms with Gasteiger partial charge in [0.25, 0.3) is 0 Å². The summed E-state index contributed by atoms with van der Waals surface area (Å²) >= 11 is 0. The molecule has 9 N–H and O–H groups in total. The Morgan fingerprint density at radius 2 is 0.776 bits per heavy atom. The van der Waals surface area contributed by atoms with Crippen molar-refractivity contribution in [3.8, 4) is 0 Å². The predicted octanol–water partition coefficient (Wildman–Crippen LogP) is -1.53. The molecule has 0 bridgehead atoms. The molecular weight excluding hydrogens is 644 g/mol. The molecule has 49 heavy (non-hydrogen) atoms. The summed E-state index contributed by atoms with van der Waals surface area (Å²) in [6, 6.07) is 0. The number of nitrogens with one attached hydrogen (secondary N) is 7. The third-order valence-corrected chi connectivity index (χ3v) is 4.20. The summed E-state index contributed by atoms with van der Waals surface area (Å²) in [5.41, 5.74) is 4.65. The lowest BCUT2D eigenvalue weighted by Gasteiger charge is -2.09. The van der Waals surface area contributed by atoms with Crippen LogP contribution in [0, 0.1) is 5.92 Å². The minimum Gasteiger partial charge on any atom is -0.377 e. The van der Waals surface area contributed by atoms with Gasteiger partial charge in [0.2, 0.25) is 47.3 Å². The molecule has 0 spiro atoms. The Kier molecular flexibility index (Phi) is 46.1. The highest BCUT2D eigenvalue weighted by Crippen LogP contribution is 1.81. The van der Waals surface area contributed by atoms with Crippen LogP contribution in [0.25, 0.3) is 0 Å². The zero-order valence-electron chi connectivity index (χ0n) is 31.2. The Hall–Kier alpha value is -4.32. The average molecular weight is 709 g/mol. The molecule has 0 radical (unpaired) electrons. The number of rotatable bonds is 1. The van der Waals surface area contributed by atoms with Gasteiger partial charge in [0, 0.05) is 13.0 Å². The first-order valence-electron chi connectivity index (χ1n) is 16.6. The maximum atomic E-state index is 11.7. The fourth-order valence-corrected chi connectivity index (χ4v) is 2.15. The van der Waals surface area contributed by atoms with Crippen LogP contribution in [-0.4, -0.2) is 119 Å². The zero-order valence-corrected chi connectivity index (χ0v) is 31.2. The smallest absolute Gasteiger partial charge is 0.246 e. The highest BCUT2D eigenvalue weighted by atomic mass is 16.5. The van der Waals surface area contributed by atoms with Gasteiger partial charge in [-0.15, -0.1) is 0 Å². The molecule has 18 nitrogen and oxygen atoms in total. The van der Waals surface area contributed by atoms with Crippen LogP contribution in [0.1, 0.15) is 75.7 Å². The van der Waals surface area contributed by atoms with Crippen molar-refractivity contribution >= 4 is 47.3 Å². The molecule has 1 rings (SSSR count). The minimum atomic E-state index is -0.676. The number of ether oxygens (including phenoxy) is 2. The van der Waals surface area contributed by atoms with E-state index in [1.165, 1.54) is 0 Å². The second-order valence-electron chi connectivity index (χ2n) is 9.23. The van der Waals surface area contributed by atoms with E-state index in [1.807, 2.05) is 41.5 Å². The predicted molar refractivity (Wildman–Crippen MR) is 187 cm³/mol. The van der Waals surface area contributed by atoms with Crippen LogP contribution >= 0.6 is 0 Å². The number of amides is 8. The molecule has 8 amide bonds. The fourth-order valence-electron chi connectivity index (χ4n) is 2.15. The monoisotopic (exact) mass is 708 g/mol. The van der Waals surface area contributed by atoms with E-state index in [2.05, 4.69) is 63.7 Å². The van der Waals surface area contributed by atoms with Crippen molar-refractivity contribution in [2.75, 3.05) is 72.2 Å². The molecule has 1 aliphatic heterocycles. The van der Waals surface area contributed by atoms with Gasteiger partial charge in [-0.1, -0.05) is 69.2 Å². The molecule has 0 atom stereocenters. The second-order valence-corrected chi connectivity index (χ2v) is 9.23. The number of nitrogens with two attached hydrogens (primary N) is 1. The van der Waals surface area contributed by atoms with Gasteiger partial charge in [-0.2, -0.15) is 0 Å². The van der Waals surface area contributed by atoms with E-state index >= 15 is 0 Å². The molecular formula is C31H64N8O10. The summed E-state index contributed by atoms with van der Waals surface area (Å²) in [6.45, 7) is 18.1. The molecule has 0 aromatic rings. The average Bonchev–Trinajstić information content (AvgIpc) is 3.09. The van der Waals surface area contributed by atoms with Crippen LogP contribution in [0.2, 0.25) is 0 Å². The standard InChI is InChI=1S/C18H29N7O9.C4H10.C3H7NO.3C2H6/c26-12-5-20-13(27)6-21-14(28)7-22-15(29)8-23-16(30)9-24-17(31)10-25-18(32)11-34-4-3-33-2-1-19-12;1-4(2)3;1-2-3(4)5;3*1-2/h1-11H2,(H,19,26)(H,20,27)(H,21,28)(H,22,29)(H,23,30)(H,24,31)(H,25,32);4H,1-3H3;2H2,1H3,(H2,4,5);3*1-2H3. The lowest BCUT2D eigenvalue weighted by atomic mass is 10.3. The fraction of sp³-hybridized carbons (Fsp3) is 0.742. The van der Waals surface area contributed by atoms with Crippen LogP contribution in [0.4, 0.5) is 0 Å². The summed E-state index contributed by atoms with van der Waals surface area (Å²) in [7, 11) is 0. The van der Waals surface area contributed by atoms with Gasteiger partial charge < -0.3 is 52.4 Å². The summed E-state index contributed by atoms with van der Waals surface area (Å²) in [5, 5.41) is 16.1. The molecule has 0 saturated carbocycles. The van der Waals surface area contributed by atoms with Crippen molar-refractivity contribution in [1.82, 2.24) is 37.2 Å². The van der Waals surface area contributed by atoms with E-state index in [0.717, 1.165) is 5.92 Å². The molecule has 0 aliphatic carbocycles. The molecule has 0 aromatic carbocycles. The number of hydrogen-bond acceptors (Lipinski definition) is 10.